The Balaban J connectivity index is 0.00000341. The molecule has 7 nitrogen and oxygen atoms in total. The van der Waals surface area contributed by atoms with Crippen molar-refractivity contribution in [3.63, 3.8) is 0 Å². The number of nitrogens with one attached hydrogen (secondary N) is 3. The molecule has 0 bridgehead atoms. The number of carbonyl (C=O) groups excluding carboxylic acids is 1. The van der Waals surface area contributed by atoms with Gasteiger partial charge in [-0.2, -0.15) is 0 Å². The van der Waals surface area contributed by atoms with E-state index in [9.17, 15) is 4.79 Å². The summed E-state index contributed by atoms with van der Waals surface area (Å²) in [7, 11) is 0. The Morgan fingerprint density at radius 1 is 1.10 bits per heavy atom. The number of amides is 2. The predicted molar refractivity (Wildman–Crippen MR) is 127 cm³/mol. The molecule has 0 aliphatic carbocycles. The third-order valence-corrected chi connectivity index (χ3v) is 4.73. The molecule has 31 heavy (non-hydrogen) atoms. The summed E-state index contributed by atoms with van der Waals surface area (Å²) in [6, 6.07) is 9.75. The van der Waals surface area contributed by atoms with E-state index in [1.807, 2.05) is 44.3 Å². The minimum absolute atomic E-state index is 0. The molecule has 0 unspecified atom stereocenters. The predicted octanol–water partition coefficient (Wildman–Crippen LogP) is 5.58. The average molecular weight is 421 g/mol. The maximum atomic E-state index is 11.8. The summed E-state index contributed by atoms with van der Waals surface area (Å²) in [4.78, 5) is 25.1. The number of anilines is 2. The summed E-state index contributed by atoms with van der Waals surface area (Å²) < 4.78 is 0. The first-order valence-electron chi connectivity index (χ1n) is 10.2. The van der Waals surface area contributed by atoms with Crippen LogP contribution in [-0.2, 0) is 0 Å². The van der Waals surface area contributed by atoms with Crippen LogP contribution in [0.1, 0.15) is 51.3 Å². The fourth-order valence-electron chi connectivity index (χ4n) is 3.24. The zero-order chi connectivity index (χ0) is 21.3. The fourth-order valence-corrected chi connectivity index (χ4v) is 3.24. The first-order valence-corrected chi connectivity index (χ1v) is 10.2. The van der Waals surface area contributed by atoms with E-state index in [1.54, 1.807) is 18.6 Å². The van der Waals surface area contributed by atoms with Gasteiger partial charge >= 0.3 is 6.03 Å². The second-order valence-electron chi connectivity index (χ2n) is 7.08. The minimum Gasteiger partial charge on any atom is -0.362 e. The van der Waals surface area contributed by atoms with Crippen LogP contribution in [0.2, 0.25) is 0 Å². The van der Waals surface area contributed by atoms with Crippen LogP contribution in [0.25, 0.3) is 11.3 Å². The maximum Gasteiger partial charge on any atom is 0.319 e. The summed E-state index contributed by atoms with van der Waals surface area (Å²) in [5.74, 6) is 0.719. The third kappa shape index (κ3) is 6.50. The van der Waals surface area contributed by atoms with Crippen molar-refractivity contribution in [1.82, 2.24) is 20.3 Å². The Bertz CT molecular complexity index is 977. The van der Waals surface area contributed by atoms with E-state index < -0.39 is 0 Å². The van der Waals surface area contributed by atoms with Gasteiger partial charge in [0.2, 0.25) is 0 Å². The lowest BCUT2D eigenvalue weighted by Crippen LogP contribution is -2.28. The lowest BCUT2D eigenvalue weighted by atomic mass is 10.0. The molecule has 1 atom stereocenters. The summed E-state index contributed by atoms with van der Waals surface area (Å²) in [5.41, 5.74) is 4.57. The van der Waals surface area contributed by atoms with Crippen molar-refractivity contribution < 1.29 is 4.79 Å². The van der Waals surface area contributed by atoms with Gasteiger partial charge in [0.15, 0.2) is 0 Å². The number of rotatable bonds is 8. The van der Waals surface area contributed by atoms with Gasteiger partial charge in [-0.3, -0.25) is 9.97 Å². The van der Waals surface area contributed by atoms with Crippen LogP contribution in [-0.4, -0.2) is 27.5 Å². The normalized spacial score (nSPS) is 11.2. The first-order chi connectivity index (χ1) is 14.6. The van der Waals surface area contributed by atoms with E-state index in [0.717, 1.165) is 46.7 Å². The van der Waals surface area contributed by atoms with Gasteiger partial charge in [0.05, 0.1) is 24.1 Å². The number of aryl methyl sites for hydroxylation is 1. The largest absolute Gasteiger partial charge is 0.362 e. The molecule has 2 aromatic heterocycles. The smallest absolute Gasteiger partial charge is 0.319 e. The molecule has 0 saturated carbocycles. The van der Waals surface area contributed by atoms with Crippen LogP contribution in [0.3, 0.4) is 0 Å². The van der Waals surface area contributed by atoms with Crippen LogP contribution < -0.4 is 16.0 Å². The monoisotopic (exact) mass is 420 g/mol. The SMILES string of the molecule is C.CCC[C@H](Nc1cncc(-c2ccc(NC(=O)NCC)c(C)c2)n1)c1cccnc1. The third-order valence-electron chi connectivity index (χ3n) is 4.73. The molecule has 3 N–H and O–H groups in total. The number of benzene rings is 1. The van der Waals surface area contributed by atoms with Crippen molar-refractivity contribution in [2.75, 3.05) is 17.2 Å². The lowest BCUT2D eigenvalue weighted by molar-refractivity contribution is 0.252. The Hall–Kier alpha value is -3.48. The van der Waals surface area contributed by atoms with Crippen molar-refractivity contribution in [3.05, 3.63) is 66.2 Å². The maximum absolute atomic E-state index is 11.8. The molecule has 3 aromatic rings. The highest BCUT2D eigenvalue weighted by atomic mass is 16.2. The van der Waals surface area contributed by atoms with Crippen LogP contribution in [0.4, 0.5) is 16.3 Å². The summed E-state index contributed by atoms with van der Waals surface area (Å²) in [5, 5.41) is 9.08. The molecule has 0 spiro atoms. The Morgan fingerprint density at radius 2 is 1.94 bits per heavy atom. The minimum atomic E-state index is -0.211. The molecule has 0 aliphatic heterocycles. The quantitative estimate of drug-likeness (QED) is 0.442. The molecule has 1 aromatic carbocycles. The molecule has 0 aliphatic rings. The number of nitrogens with zero attached hydrogens (tertiary/aromatic N) is 3. The van der Waals surface area contributed by atoms with E-state index >= 15 is 0 Å². The number of hydrogen-bond donors (Lipinski definition) is 3. The van der Waals surface area contributed by atoms with Crippen LogP contribution >= 0.6 is 0 Å². The standard InChI is InChI=1S/C23H28N6O.CH4/c1-4-7-20(18-8-6-11-24-13-18)27-22-15-25-14-21(28-22)17-9-10-19(16(3)12-17)29-23(30)26-5-2;/h6,8-15,20H,4-5,7H2,1-3H3,(H,27,28)(H2,26,29,30);1H4/t20-;/m0./s1. The highest BCUT2D eigenvalue weighted by molar-refractivity contribution is 5.90. The topological polar surface area (TPSA) is 91.8 Å². The molecule has 7 heteroatoms. The molecule has 2 amide bonds. The molecule has 0 fully saturated rings. The number of aromatic nitrogens is 3. The molecular formula is C24H32N6O. The van der Waals surface area contributed by atoms with E-state index in [0.29, 0.717) is 6.54 Å². The molecular weight excluding hydrogens is 388 g/mol. The van der Waals surface area contributed by atoms with E-state index in [1.165, 1.54) is 0 Å². The van der Waals surface area contributed by atoms with Crippen molar-refractivity contribution in [1.29, 1.82) is 0 Å². The molecule has 164 valence electrons. The highest BCUT2D eigenvalue weighted by Crippen LogP contribution is 2.26. The van der Waals surface area contributed by atoms with E-state index in [2.05, 4.69) is 38.9 Å². The van der Waals surface area contributed by atoms with Crippen LogP contribution in [0, 0.1) is 6.92 Å². The van der Waals surface area contributed by atoms with Gasteiger partial charge < -0.3 is 16.0 Å². The van der Waals surface area contributed by atoms with Crippen molar-refractivity contribution in [3.8, 4) is 11.3 Å². The van der Waals surface area contributed by atoms with Gasteiger partial charge in [-0.1, -0.05) is 32.9 Å². The highest BCUT2D eigenvalue weighted by Gasteiger charge is 2.13. The summed E-state index contributed by atoms with van der Waals surface area (Å²) >= 11 is 0. The van der Waals surface area contributed by atoms with Crippen LogP contribution in [0.15, 0.2) is 55.1 Å². The van der Waals surface area contributed by atoms with Gasteiger partial charge in [-0.15, -0.1) is 0 Å². The van der Waals surface area contributed by atoms with Gasteiger partial charge in [-0.05, 0) is 49.6 Å². The summed E-state index contributed by atoms with van der Waals surface area (Å²) in [6.07, 6.45) is 9.15. The molecule has 0 saturated heterocycles. The number of pyridine rings is 1. The van der Waals surface area contributed by atoms with Crippen molar-refractivity contribution >= 4 is 17.5 Å². The van der Waals surface area contributed by atoms with Gasteiger partial charge in [-0.25, -0.2) is 9.78 Å². The number of urea groups is 1. The Morgan fingerprint density at radius 3 is 2.61 bits per heavy atom. The Kier molecular flexibility index (Phi) is 8.94. The van der Waals surface area contributed by atoms with Gasteiger partial charge in [0, 0.05) is 30.2 Å². The average Bonchev–Trinajstić information content (AvgIpc) is 2.76. The van der Waals surface area contributed by atoms with Gasteiger partial charge in [0.25, 0.3) is 0 Å². The van der Waals surface area contributed by atoms with E-state index in [-0.39, 0.29) is 19.5 Å². The molecule has 3 rings (SSSR count). The second-order valence-corrected chi connectivity index (χ2v) is 7.08. The zero-order valence-corrected chi connectivity index (χ0v) is 17.6. The van der Waals surface area contributed by atoms with Crippen molar-refractivity contribution in [2.24, 2.45) is 0 Å². The summed E-state index contributed by atoms with van der Waals surface area (Å²) in [6.45, 7) is 6.58. The van der Waals surface area contributed by atoms with Crippen LogP contribution in [0.5, 0.6) is 0 Å². The first kappa shape index (κ1) is 23.8. The number of hydrogen-bond acceptors (Lipinski definition) is 5. The van der Waals surface area contributed by atoms with E-state index in [4.69, 9.17) is 4.98 Å². The van der Waals surface area contributed by atoms with Crippen molar-refractivity contribution in [2.45, 2.75) is 47.1 Å². The van der Waals surface area contributed by atoms with Gasteiger partial charge in [0.1, 0.15) is 5.82 Å². The lowest BCUT2D eigenvalue weighted by Gasteiger charge is -2.19. The molecule has 2 heterocycles. The zero-order valence-electron chi connectivity index (χ0n) is 17.6. The second kappa shape index (κ2) is 11.6. The fraction of sp³-hybridized carbons (Fsp3) is 0.333. The number of carbonyl (C=O) groups is 1. The Labute approximate surface area is 184 Å². The molecule has 0 radical (unpaired) electrons.